The number of pyridine rings is 1. The fraction of sp³-hybridized carbons (Fsp3) is 0.417. The summed E-state index contributed by atoms with van der Waals surface area (Å²) in [7, 11) is 0. The molecule has 17 heavy (non-hydrogen) atoms. The molecule has 90 valence electrons. The van der Waals surface area contributed by atoms with Crippen LogP contribution in [0.5, 0.6) is 0 Å². The van der Waals surface area contributed by atoms with Crippen LogP contribution in [0.25, 0.3) is 0 Å². The molecule has 1 aliphatic heterocycles. The van der Waals surface area contributed by atoms with Crippen LogP contribution < -0.4 is 5.32 Å². The Kier molecular flexibility index (Phi) is 3.37. The smallest absolute Gasteiger partial charge is 0.315 e. The molecule has 2 heterocycles. The first-order valence-corrected chi connectivity index (χ1v) is 5.70. The highest BCUT2D eigenvalue weighted by Crippen LogP contribution is 2.09. The van der Waals surface area contributed by atoms with Crippen LogP contribution in [0.1, 0.15) is 18.4 Å². The van der Waals surface area contributed by atoms with Gasteiger partial charge >= 0.3 is 11.8 Å². The molecule has 0 radical (unpaired) electrons. The number of carbonyl (C=O) groups is 2. The Morgan fingerprint density at radius 3 is 2.71 bits per heavy atom. The molecule has 5 heteroatoms. The number of nitrogens with zero attached hydrogens (tertiary/aromatic N) is 2. The largest absolute Gasteiger partial charge is 0.334 e. The first-order chi connectivity index (χ1) is 8.16. The second-order valence-electron chi connectivity index (χ2n) is 4.17. The van der Waals surface area contributed by atoms with E-state index in [1.54, 1.807) is 17.2 Å². The van der Waals surface area contributed by atoms with Crippen molar-refractivity contribution in [2.75, 3.05) is 18.4 Å². The van der Waals surface area contributed by atoms with Crippen LogP contribution in [0.3, 0.4) is 0 Å². The minimum Gasteiger partial charge on any atom is -0.334 e. The van der Waals surface area contributed by atoms with Gasteiger partial charge in [-0.05, 0) is 37.5 Å². The number of amides is 2. The van der Waals surface area contributed by atoms with Gasteiger partial charge in [0.25, 0.3) is 0 Å². The Morgan fingerprint density at radius 2 is 2.06 bits per heavy atom. The third-order valence-electron chi connectivity index (χ3n) is 2.74. The molecular formula is C12H15N3O2. The Bertz CT molecular complexity index is 439. The van der Waals surface area contributed by atoms with Crippen LogP contribution in [0, 0.1) is 6.92 Å². The summed E-state index contributed by atoms with van der Waals surface area (Å²) in [6.45, 7) is 3.25. The molecule has 2 amide bonds. The van der Waals surface area contributed by atoms with E-state index in [4.69, 9.17) is 0 Å². The van der Waals surface area contributed by atoms with E-state index < -0.39 is 11.8 Å². The fourth-order valence-corrected chi connectivity index (χ4v) is 1.84. The zero-order valence-electron chi connectivity index (χ0n) is 9.77. The summed E-state index contributed by atoms with van der Waals surface area (Å²) >= 11 is 0. The Labute approximate surface area is 99.8 Å². The molecular weight excluding hydrogens is 218 g/mol. The number of likely N-dealkylation sites (tertiary alicyclic amines) is 1. The van der Waals surface area contributed by atoms with Crippen molar-refractivity contribution in [2.24, 2.45) is 0 Å². The quantitative estimate of drug-likeness (QED) is 0.735. The minimum atomic E-state index is -0.606. The van der Waals surface area contributed by atoms with E-state index in [1.807, 2.05) is 13.0 Å². The number of nitrogens with one attached hydrogen (secondary N) is 1. The molecule has 1 fully saturated rings. The van der Waals surface area contributed by atoms with Crippen molar-refractivity contribution < 1.29 is 9.59 Å². The van der Waals surface area contributed by atoms with Crippen LogP contribution in [-0.2, 0) is 9.59 Å². The van der Waals surface area contributed by atoms with Gasteiger partial charge in [0.2, 0.25) is 0 Å². The summed E-state index contributed by atoms with van der Waals surface area (Å²) in [6, 6.07) is 3.56. The second-order valence-corrected chi connectivity index (χ2v) is 4.17. The number of aromatic nitrogens is 1. The molecule has 1 saturated heterocycles. The van der Waals surface area contributed by atoms with Gasteiger partial charge in [0, 0.05) is 19.3 Å². The van der Waals surface area contributed by atoms with Gasteiger partial charge in [-0.3, -0.25) is 9.59 Å². The van der Waals surface area contributed by atoms with Crippen LogP contribution in [-0.4, -0.2) is 34.8 Å². The van der Waals surface area contributed by atoms with E-state index in [1.165, 1.54) is 0 Å². The second kappa shape index (κ2) is 4.95. The third kappa shape index (κ3) is 2.81. The van der Waals surface area contributed by atoms with E-state index in [2.05, 4.69) is 10.3 Å². The summed E-state index contributed by atoms with van der Waals surface area (Å²) in [4.78, 5) is 28.9. The number of anilines is 1. The van der Waals surface area contributed by atoms with E-state index in [0.717, 1.165) is 18.4 Å². The Hall–Kier alpha value is -1.91. The number of hydrogen-bond acceptors (Lipinski definition) is 3. The molecule has 5 nitrogen and oxygen atoms in total. The average molecular weight is 233 g/mol. The van der Waals surface area contributed by atoms with Gasteiger partial charge in [0.05, 0.1) is 0 Å². The van der Waals surface area contributed by atoms with Gasteiger partial charge in [-0.25, -0.2) is 4.98 Å². The predicted octanol–water partition coefficient (Wildman–Crippen LogP) is 0.951. The molecule has 0 atom stereocenters. The fourth-order valence-electron chi connectivity index (χ4n) is 1.84. The van der Waals surface area contributed by atoms with Crippen molar-refractivity contribution in [3.8, 4) is 0 Å². The van der Waals surface area contributed by atoms with Crippen LogP contribution in [0.4, 0.5) is 5.82 Å². The maximum Gasteiger partial charge on any atom is 0.315 e. The topological polar surface area (TPSA) is 62.3 Å². The summed E-state index contributed by atoms with van der Waals surface area (Å²) in [5.74, 6) is -0.654. The lowest BCUT2D eigenvalue weighted by molar-refractivity contribution is -0.142. The van der Waals surface area contributed by atoms with E-state index in [-0.39, 0.29) is 0 Å². The highest BCUT2D eigenvalue weighted by molar-refractivity contribution is 6.39. The lowest BCUT2D eigenvalue weighted by Gasteiger charge is -2.14. The van der Waals surface area contributed by atoms with Crippen molar-refractivity contribution in [3.05, 3.63) is 23.9 Å². The van der Waals surface area contributed by atoms with Crippen LogP contribution >= 0.6 is 0 Å². The normalized spacial score (nSPS) is 14.8. The molecule has 0 aliphatic carbocycles. The van der Waals surface area contributed by atoms with Gasteiger partial charge in [-0.2, -0.15) is 0 Å². The molecule has 0 unspecified atom stereocenters. The summed E-state index contributed by atoms with van der Waals surface area (Å²) in [5, 5.41) is 2.52. The molecule has 0 spiro atoms. The van der Waals surface area contributed by atoms with Crippen molar-refractivity contribution in [1.82, 2.24) is 9.88 Å². The Morgan fingerprint density at radius 1 is 1.35 bits per heavy atom. The van der Waals surface area contributed by atoms with Crippen molar-refractivity contribution >= 4 is 17.6 Å². The number of hydrogen-bond donors (Lipinski definition) is 1. The Balaban J connectivity index is 1.99. The number of rotatable bonds is 1. The van der Waals surface area contributed by atoms with E-state index in [9.17, 15) is 9.59 Å². The van der Waals surface area contributed by atoms with E-state index in [0.29, 0.717) is 18.9 Å². The van der Waals surface area contributed by atoms with Gasteiger partial charge < -0.3 is 10.2 Å². The van der Waals surface area contributed by atoms with Crippen molar-refractivity contribution in [1.29, 1.82) is 0 Å². The zero-order chi connectivity index (χ0) is 12.3. The summed E-state index contributed by atoms with van der Waals surface area (Å²) < 4.78 is 0. The lowest BCUT2D eigenvalue weighted by Crippen LogP contribution is -2.37. The molecule has 0 bridgehead atoms. The molecule has 2 rings (SSSR count). The molecule has 1 aliphatic rings. The molecule has 1 aromatic rings. The van der Waals surface area contributed by atoms with Crippen LogP contribution in [0.2, 0.25) is 0 Å². The van der Waals surface area contributed by atoms with Crippen LogP contribution in [0.15, 0.2) is 18.3 Å². The highest BCUT2D eigenvalue weighted by Gasteiger charge is 2.24. The summed E-state index contributed by atoms with van der Waals surface area (Å²) in [6.07, 6.45) is 3.55. The van der Waals surface area contributed by atoms with Gasteiger partial charge in [0.1, 0.15) is 5.82 Å². The molecule has 0 saturated carbocycles. The monoisotopic (exact) mass is 233 g/mol. The zero-order valence-corrected chi connectivity index (χ0v) is 9.77. The maximum atomic E-state index is 11.7. The minimum absolute atomic E-state index is 0.419. The third-order valence-corrected chi connectivity index (χ3v) is 2.74. The lowest BCUT2D eigenvalue weighted by atomic mass is 10.3. The van der Waals surface area contributed by atoms with E-state index >= 15 is 0 Å². The highest BCUT2D eigenvalue weighted by atomic mass is 16.2. The van der Waals surface area contributed by atoms with Gasteiger partial charge in [-0.1, -0.05) is 0 Å². The van der Waals surface area contributed by atoms with Crippen molar-refractivity contribution in [3.63, 3.8) is 0 Å². The number of carbonyl (C=O) groups excluding carboxylic acids is 2. The first-order valence-electron chi connectivity index (χ1n) is 5.70. The average Bonchev–Trinajstić information content (AvgIpc) is 2.81. The number of aryl methyl sites for hydroxylation is 1. The first kappa shape index (κ1) is 11.6. The molecule has 1 N–H and O–H groups in total. The SMILES string of the molecule is Cc1ccnc(NC(=O)C(=O)N2CCCC2)c1. The molecule has 1 aromatic heterocycles. The molecule has 0 aromatic carbocycles. The van der Waals surface area contributed by atoms with Crippen molar-refractivity contribution in [2.45, 2.75) is 19.8 Å². The summed E-state index contributed by atoms with van der Waals surface area (Å²) in [5.41, 5.74) is 0.990. The van der Waals surface area contributed by atoms with Gasteiger partial charge in [-0.15, -0.1) is 0 Å². The predicted molar refractivity (Wildman–Crippen MR) is 63.4 cm³/mol. The van der Waals surface area contributed by atoms with Gasteiger partial charge in [0.15, 0.2) is 0 Å². The standard InChI is InChI=1S/C12H15N3O2/c1-9-4-5-13-10(8-9)14-11(16)12(17)15-6-2-3-7-15/h4-5,8H,2-3,6-7H2,1H3,(H,13,14,16). The maximum absolute atomic E-state index is 11.7.